The van der Waals surface area contributed by atoms with E-state index in [1.807, 2.05) is 48.0 Å². The van der Waals surface area contributed by atoms with Crippen LogP contribution in [0.2, 0.25) is 0 Å². The minimum absolute atomic E-state index is 0.287. The van der Waals surface area contributed by atoms with Crippen molar-refractivity contribution >= 4 is 34.1 Å². The molecule has 4 rings (SSSR count). The van der Waals surface area contributed by atoms with E-state index in [2.05, 4.69) is 33.1 Å². The summed E-state index contributed by atoms with van der Waals surface area (Å²) in [7, 11) is 0. The van der Waals surface area contributed by atoms with Crippen molar-refractivity contribution in [3.05, 3.63) is 65.6 Å². The lowest BCUT2D eigenvalue weighted by atomic mass is 10.2. The zero-order valence-corrected chi connectivity index (χ0v) is 17.0. The zero-order chi connectivity index (χ0) is 21.1. The number of carbonyl (C=O) groups excluding carboxylic acids is 1. The molecule has 0 saturated carbocycles. The Morgan fingerprint density at radius 2 is 2.10 bits per heavy atom. The molecule has 1 amide bonds. The number of nitrogens with one attached hydrogen (secondary N) is 1. The highest BCUT2D eigenvalue weighted by molar-refractivity contribution is 6.01. The van der Waals surface area contributed by atoms with E-state index in [-0.39, 0.29) is 5.91 Å². The molecule has 0 radical (unpaired) electrons. The minimum Gasteiger partial charge on any atom is -0.346 e. The summed E-state index contributed by atoms with van der Waals surface area (Å²) in [6.07, 6.45) is 4.02. The second kappa shape index (κ2) is 8.21. The molecule has 2 heterocycles. The van der Waals surface area contributed by atoms with Gasteiger partial charge in [-0.2, -0.15) is 10.4 Å². The molecule has 7 nitrogen and oxygen atoms in total. The fourth-order valence-electron chi connectivity index (χ4n) is 3.75. The van der Waals surface area contributed by atoms with Gasteiger partial charge >= 0.3 is 0 Å². The lowest BCUT2D eigenvalue weighted by Gasteiger charge is -2.03. The normalized spacial score (nSPS) is 11.4. The van der Waals surface area contributed by atoms with Crippen molar-refractivity contribution in [1.29, 1.82) is 5.26 Å². The predicted octanol–water partition coefficient (Wildman–Crippen LogP) is 4.00. The Hall–Kier alpha value is -3.92. The van der Waals surface area contributed by atoms with Crippen LogP contribution in [-0.4, -0.2) is 26.2 Å². The van der Waals surface area contributed by atoms with Crippen LogP contribution in [0, 0.1) is 18.3 Å². The number of nitriles is 1. The van der Waals surface area contributed by atoms with Gasteiger partial charge in [-0.05, 0) is 38.1 Å². The Bertz CT molecular complexity index is 1300. The molecule has 0 fully saturated rings. The maximum Gasteiger partial charge on any atom is 0.271 e. The molecule has 0 unspecified atom stereocenters. The molecule has 30 heavy (non-hydrogen) atoms. The maximum absolute atomic E-state index is 12.5. The average Bonchev–Trinajstić information content (AvgIpc) is 3.28. The van der Waals surface area contributed by atoms with E-state index < -0.39 is 0 Å². The third kappa shape index (κ3) is 3.55. The van der Waals surface area contributed by atoms with E-state index in [0.29, 0.717) is 18.5 Å². The van der Waals surface area contributed by atoms with Crippen molar-refractivity contribution in [2.75, 3.05) is 0 Å². The van der Waals surface area contributed by atoms with Crippen LogP contribution in [0.5, 0.6) is 0 Å². The van der Waals surface area contributed by atoms with Crippen molar-refractivity contribution < 1.29 is 4.79 Å². The Morgan fingerprint density at radius 1 is 1.27 bits per heavy atom. The van der Waals surface area contributed by atoms with Crippen molar-refractivity contribution in [1.82, 2.24) is 19.5 Å². The van der Waals surface area contributed by atoms with Crippen LogP contribution in [0.3, 0.4) is 0 Å². The fraction of sp³-hybridized carbons (Fsp3) is 0.217. The number of para-hydroxylation sites is 1. The molecule has 2 aromatic heterocycles. The number of carbonyl (C=O) groups is 1. The number of nitrogens with zero attached hydrogens (tertiary/aromatic N) is 5. The van der Waals surface area contributed by atoms with E-state index in [9.17, 15) is 4.79 Å². The minimum atomic E-state index is -0.287. The van der Waals surface area contributed by atoms with Gasteiger partial charge in [0.1, 0.15) is 5.82 Å². The van der Waals surface area contributed by atoms with Gasteiger partial charge in [0.25, 0.3) is 5.91 Å². The lowest BCUT2D eigenvalue weighted by molar-refractivity contribution is 0.0955. The first-order valence-electron chi connectivity index (χ1n) is 9.87. The number of hydrazone groups is 1. The van der Waals surface area contributed by atoms with Gasteiger partial charge in [0.05, 0.1) is 29.7 Å². The van der Waals surface area contributed by atoms with Crippen LogP contribution in [0.15, 0.2) is 53.8 Å². The Kier molecular flexibility index (Phi) is 5.31. The van der Waals surface area contributed by atoms with E-state index in [1.165, 1.54) is 0 Å². The van der Waals surface area contributed by atoms with Crippen LogP contribution in [0.4, 0.5) is 0 Å². The van der Waals surface area contributed by atoms with Crippen molar-refractivity contribution in [2.24, 2.45) is 5.10 Å². The highest BCUT2D eigenvalue weighted by atomic mass is 16.2. The van der Waals surface area contributed by atoms with Crippen LogP contribution < -0.4 is 5.43 Å². The van der Waals surface area contributed by atoms with Crippen molar-refractivity contribution in [3.8, 4) is 6.07 Å². The summed E-state index contributed by atoms with van der Waals surface area (Å²) in [6, 6.07) is 15.6. The predicted molar refractivity (Wildman–Crippen MR) is 117 cm³/mol. The molecular weight excluding hydrogens is 376 g/mol. The van der Waals surface area contributed by atoms with E-state index in [0.717, 1.165) is 39.9 Å². The van der Waals surface area contributed by atoms with Gasteiger partial charge < -0.3 is 9.13 Å². The first kappa shape index (κ1) is 19.4. The molecular formula is C23H22N6O. The summed E-state index contributed by atoms with van der Waals surface area (Å²) in [5.41, 5.74) is 6.84. The number of hydrogen-bond donors (Lipinski definition) is 1. The first-order valence-corrected chi connectivity index (χ1v) is 9.87. The van der Waals surface area contributed by atoms with Crippen molar-refractivity contribution in [3.63, 3.8) is 0 Å². The quantitative estimate of drug-likeness (QED) is 0.393. The second-order valence-corrected chi connectivity index (χ2v) is 7.01. The standard InChI is InChI=1S/C23H22N6O/c1-3-29-16(2)26-20-13-17(9-10-22(20)29)23(30)27-25-14-18-15-28(12-6-11-24)21-8-5-4-7-19(18)21/h4-5,7-10,13-15H,3,6,12H2,1-2H3,(H,27,30)/b25-14-. The summed E-state index contributed by atoms with van der Waals surface area (Å²) < 4.78 is 4.14. The SMILES string of the molecule is CCn1c(C)nc2cc(C(=O)N/N=C\c3cn(CCC#N)c4ccccc34)ccc21. The highest BCUT2D eigenvalue weighted by Gasteiger charge is 2.11. The van der Waals surface area contributed by atoms with Crippen LogP contribution >= 0.6 is 0 Å². The van der Waals surface area contributed by atoms with Crippen molar-refractivity contribution in [2.45, 2.75) is 33.4 Å². The van der Waals surface area contributed by atoms with Crippen LogP contribution in [0.1, 0.15) is 35.1 Å². The molecule has 0 bridgehead atoms. The second-order valence-electron chi connectivity index (χ2n) is 7.01. The van der Waals surface area contributed by atoms with Gasteiger partial charge in [-0.15, -0.1) is 0 Å². The maximum atomic E-state index is 12.5. The number of aromatic nitrogens is 3. The number of fused-ring (bicyclic) bond motifs is 2. The molecule has 0 aliphatic heterocycles. The molecule has 0 spiro atoms. The molecule has 0 aliphatic rings. The summed E-state index contributed by atoms with van der Waals surface area (Å²) in [5, 5.41) is 14.0. The van der Waals surface area contributed by atoms with Gasteiger partial charge in [-0.25, -0.2) is 10.4 Å². The smallest absolute Gasteiger partial charge is 0.271 e. The van der Waals surface area contributed by atoms with Crippen LogP contribution in [-0.2, 0) is 13.1 Å². The average molecular weight is 398 g/mol. The lowest BCUT2D eigenvalue weighted by Crippen LogP contribution is -2.17. The molecule has 4 aromatic rings. The third-order valence-corrected chi connectivity index (χ3v) is 5.17. The Morgan fingerprint density at radius 3 is 2.90 bits per heavy atom. The number of amides is 1. The number of imidazole rings is 1. The third-order valence-electron chi connectivity index (χ3n) is 5.17. The Labute approximate surface area is 174 Å². The number of benzene rings is 2. The number of hydrogen-bond acceptors (Lipinski definition) is 4. The molecule has 150 valence electrons. The van der Waals surface area contributed by atoms with Gasteiger partial charge in [-0.1, -0.05) is 18.2 Å². The summed E-state index contributed by atoms with van der Waals surface area (Å²) >= 11 is 0. The van der Waals surface area contributed by atoms with Gasteiger partial charge in [-0.3, -0.25) is 4.79 Å². The summed E-state index contributed by atoms with van der Waals surface area (Å²) in [6.45, 7) is 5.47. The van der Waals surface area contributed by atoms with Crippen LogP contribution in [0.25, 0.3) is 21.9 Å². The molecule has 2 aromatic carbocycles. The first-order chi connectivity index (χ1) is 14.6. The van der Waals surface area contributed by atoms with E-state index in [1.54, 1.807) is 18.3 Å². The monoisotopic (exact) mass is 398 g/mol. The molecule has 7 heteroatoms. The number of aryl methyl sites for hydroxylation is 3. The topological polar surface area (TPSA) is 88.0 Å². The van der Waals surface area contributed by atoms with Gasteiger partial charge in [0.15, 0.2) is 0 Å². The Balaban J connectivity index is 1.54. The molecule has 0 aliphatic carbocycles. The number of rotatable bonds is 6. The molecule has 0 saturated heterocycles. The summed E-state index contributed by atoms with van der Waals surface area (Å²) in [4.78, 5) is 17.1. The van der Waals surface area contributed by atoms with Gasteiger partial charge in [0, 0.05) is 41.3 Å². The molecule has 0 atom stereocenters. The van der Waals surface area contributed by atoms with Gasteiger partial charge in [0.2, 0.25) is 0 Å². The zero-order valence-electron chi connectivity index (χ0n) is 17.0. The summed E-state index contributed by atoms with van der Waals surface area (Å²) in [5.74, 6) is 0.640. The fourth-order valence-corrected chi connectivity index (χ4v) is 3.75. The molecule has 1 N–H and O–H groups in total. The highest BCUT2D eigenvalue weighted by Crippen LogP contribution is 2.20. The van der Waals surface area contributed by atoms with E-state index in [4.69, 9.17) is 5.26 Å². The largest absolute Gasteiger partial charge is 0.346 e. The van der Waals surface area contributed by atoms with E-state index >= 15 is 0 Å².